The number of nitrogens with zero attached hydrogens (tertiary/aromatic N) is 2. The Kier molecular flexibility index (Phi) is 4.41. The molecule has 0 radical (unpaired) electrons. The van der Waals surface area contributed by atoms with Gasteiger partial charge < -0.3 is 9.84 Å². The molecular formula is C7H11F2N3O2. The molecular weight excluding hydrogens is 196 g/mol. The van der Waals surface area contributed by atoms with Crippen molar-refractivity contribution in [3.63, 3.8) is 0 Å². The Morgan fingerprint density at radius 3 is 2.86 bits per heavy atom. The Balaban J connectivity index is 2.18. The van der Waals surface area contributed by atoms with Gasteiger partial charge in [0.25, 0.3) is 6.43 Å². The molecule has 0 aliphatic rings. The van der Waals surface area contributed by atoms with Crippen LogP contribution in [0.3, 0.4) is 0 Å². The van der Waals surface area contributed by atoms with Crippen LogP contribution in [0.1, 0.15) is 11.6 Å². The molecule has 80 valence electrons. The molecule has 5 nitrogen and oxygen atoms in total. The minimum atomic E-state index is -2.45. The van der Waals surface area contributed by atoms with Crippen molar-refractivity contribution in [2.24, 2.45) is 0 Å². The van der Waals surface area contributed by atoms with E-state index in [9.17, 15) is 8.78 Å². The van der Waals surface area contributed by atoms with E-state index in [1.54, 1.807) is 0 Å². The van der Waals surface area contributed by atoms with Crippen LogP contribution in [0.15, 0.2) is 0 Å². The summed E-state index contributed by atoms with van der Waals surface area (Å²) in [5.74, 6) is 0.803. The van der Waals surface area contributed by atoms with Crippen molar-refractivity contribution in [3.05, 3.63) is 11.6 Å². The lowest BCUT2D eigenvalue weighted by atomic mass is 10.4. The Bertz CT molecular complexity index is 267. The van der Waals surface area contributed by atoms with E-state index in [0.717, 1.165) is 0 Å². The molecule has 0 aliphatic carbocycles. The van der Waals surface area contributed by atoms with Crippen molar-refractivity contribution in [3.8, 4) is 0 Å². The van der Waals surface area contributed by atoms with E-state index >= 15 is 0 Å². The van der Waals surface area contributed by atoms with Gasteiger partial charge in [0.15, 0.2) is 5.82 Å². The number of aromatic nitrogens is 3. The summed E-state index contributed by atoms with van der Waals surface area (Å²) in [6.45, 7) is -0.644. The average molecular weight is 207 g/mol. The summed E-state index contributed by atoms with van der Waals surface area (Å²) in [6, 6.07) is 0. The summed E-state index contributed by atoms with van der Waals surface area (Å²) in [6.07, 6.45) is -2.10. The van der Waals surface area contributed by atoms with Crippen LogP contribution in [0.2, 0.25) is 0 Å². The first-order valence-corrected chi connectivity index (χ1v) is 4.09. The number of aromatic amines is 1. The molecule has 1 aromatic heterocycles. The van der Waals surface area contributed by atoms with Gasteiger partial charge in [0.2, 0.25) is 0 Å². The Morgan fingerprint density at radius 1 is 1.50 bits per heavy atom. The third kappa shape index (κ3) is 3.75. The van der Waals surface area contributed by atoms with E-state index in [1.807, 2.05) is 0 Å². The minimum Gasteiger partial charge on any atom is -0.388 e. The largest absolute Gasteiger partial charge is 0.388 e. The highest BCUT2D eigenvalue weighted by atomic mass is 19.3. The molecule has 0 unspecified atom stereocenters. The van der Waals surface area contributed by atoms with Crippen molar-refractivity contribution >= 4 is 0 Å². The van der Waals surface area contributed by atoms with Crippen molar-refractivity contribution in [2.75, 3.05) is 13.2 Å². The van der Waals surface area contributed by atoms with Crippen LogP contribution in [0.25, 0.3) is 0 Å². The molecule has 0 saturated heterocycles. The summed E-state index contributed by atoms with van der Waals surface area (Å²) >= 11 is 0. The smallest absolute Gasteiger partial charge is 0.261 e. The molecule has 0 fully saturated rings. The monoisotopic (exact) mass is 207 g/mol. The van der Waals surface area contributed by atoms with Crippen molar-refractivity contribution < 1.29 is 18.6 Å². The van der Waals surface area contributed by atoms with Gasteiger partial charge in [-0.15, -0.1) is 0 Å². The second-order valence-electron chi connectivity index (χ2n) is 2.57. The lowest BCUT2D eigenvalue weighted by molar-refractivity contribution is 0.0183. The van der Waals surface area contributed by atoms with Gasteiger partial charge in [-0.25, -0.2) is 13.8 Å². The van der Waals surface area contributed by atoms with Crippen LogP contribution >= 0.6 is 0 Å². The standard InChI is InChI=1S/C7H11F2N3O2/c8-5(9)4-14-2-1-6-10-7(3-13)12-11-6/h5,13H,1-4H2,(H,10,11,12). The first-order chi connectivity index (χ1) is 6.72. The van der Waals surface area contributed by atoms with Crippen LogP contribution < -0.4 is 0 Å². The van der Waals surface area contributed by atoms with Gasteiger partial charge in [-0.2, -0.15) is 5.10 Å². The van der Waals surface area contributed by atoms with Crippen molar-refractivity contribution in [2.45, 2.75) is 19.5 Å². The summed E-state index contributed by atoms with van der Waals surface area (Å²) in [4.78, 5) is 3.86. The highest BCUT2D eigenvalue weighted by molar-refractivity contribution is 4.88. The molecule has 1 heterocycles. The number of H-pyrrole nitrogens is 1. The average Bonchev–Trinajstić information content (AvgIpc) is 2.60. The molecule has 7 heteroatoms. The number of ether oxygens (including phenoxy) is 1. The maximum atomic E-state index is 11.6. The molecule has 0 atom stereocenters. The van der Waals surface area contributed by atoms with Gasteiger partial charge in [0, 0.05) is 6.42 Å². The first-order valence-electron chi connectivity index (χ1n) is 4.09. The van der Waals surface area contributed by atoms with Gasteiger partial charge in [-0.3, -0.25) is 5.10 Å². The number of halogens is 2. The Hall–Kier alpha value is -1.08. The molecule has 0 spiro atoms. The third-order valence-corrected chi connectivity index (χ3v) is 1.44. The zero-order valence-electron chi connectivity index (χ0n) is 7.41. The highest BCUT2D eigenvalue weighted by Gasteiger charge is 2.04. The Morgan fingerprint density at radius 2 is 2.29 bits per heavy atom. The number of alkyl halides is 2. The fraction of sp³-hybridized carbons (Fsp3) is 0.714. The Labute approximate surface area is 79.1 Å². The van der Waals surface area contributed by atoms with Crippen LogP contribution in [-0.4, -0.2) is 39.9 Å². The summed E-state index contributed by atoms with van der Waals surface area (Å²) in [7, 11) is 0. The van der Waals surface area contributed by atoms with Gasteiger partial charge in [-0.05, 0) is 0 Å². The van der Waals surface area contributed by atoms with Gasteiger partial charge in [0.05, 0.1) is 6.61 Å². The normalized spacial score (nSPS) is 11.1. The molecule has 1 rings (SSSR count). The van der Waals surface area contributed by atoms with Crippen molar-refractivity contribution in [1.82, 2.24) is 15.2 Å². The van der Waals surface area contributed by atoms with E-state index < -0.39 is 13.0 Å². The van der Waals surface area contributed by atoms with Gasteiger partial charge in [-0.1, -0.05) is 0 Å². The van der Waals surface area contributed by atoms with Gasteiger partial charge in [0.1, 0.15) is 19.0 Å². The van der Waals surface area contributed by atoms with Crippen LogP contribution in [-0.2, 0) is 17.8 Å². The predicted molar refractivity (Wildman–Crippen MR) is 42.8 cm³/mol. The van der Waals surface area contributed by atoms with Gasteiger partial charge >= 0.3 is 0 Å². The number of rotatable bonds is 6. The van der Waals surface area contributed by atoms with Crippen LogP contribution in [0.5, 0.6) is 0 Å². The molecule has 0 aliphatic heterocycles. The number of hydrogen-bond donors (Lipinski definition) is 2. The summed E-state index contributed by atoms with van der Waals surface area (Å²) < 4.78 is 27.9. The minimum absolute atomic E-state index is 0.146. The number of hydrogen-bond acceptors (Lipinski definition) is 4. The lowest BCUT2D eigenvalue weighted by Gasteiger charge is -1.99. The molecule has 0 saturated carbocycles. The second kappa shape index (κ2) is 5.61. The SMILES string of the molecule is OCc1nc(CCOCC(F)F)n[nH]1. The fourth-order valence-corrected chi connectivity index (χ4v) is 0.853. The molecule has 0 bridgehead atoms. The van der Waals surface area contributed by atoms with E-state index in [4.69, 9.17) is 5.11 Å². The zero-order valence-corrected chi connectivity index (χ0v) is 7.41. The molecule has 0 amide bonds. The van der Waals surface area contributed by atoms with E-state index in [1.165, 1.54) is 0 Å². The number of nitrogens with one attached hydrogen (secondary N) is 1. The first kappa shape index (κ1) is 11.0. The zero-order chi connectivity index (χ0) is 10.4. The predicted octanol–water partition coefficient (Wildman–Crippen LogP) is 0.121. The lowest BCUT2D eigenvalue weighted by Crippen LogP contribution is -2.07. The fourth-order valence-electron chi connectivity index (χ4n) is 0.853. The van der Waals surface area contributed by atoms with Crippen LogP contribution in [0.4, 0.5) is 8.78 Å². The highest BCUT2D eigenvalue weighted by Crippen LogP contribution is 1.96. The topological polar surface area (TPSA) is 71.0 Å². The second-order valence-corrected chi connectivity index (χ2v) is 2.57. The summed E-state index contributed by atoms with van der Waals surface area (Å²) in [5.41, 5.74) is 0. The third-order valence-electron chi connectivity index (χ3n) is 1.44. The molecule has 0 aromatic carbocycles. The van der Waals surface area contributed by atoms with Crippen molar-refractivity contribution in [1.29, 1.82) is 0 Å². The van der Waals surface area contributed by atoms with E-state index in [2.05, 4.69) is 19.9 Å². The van der Waals surface area contributed by atoms with Crippen LogP contribution in [0, 0.1) is 0 Å². The van der Waals surface area contributed by atoms with E-state index in [-0.39, 0.29) is 13.2 Å². The van der Waals surface area contributed by atoms with E-state index in [0.29, 0.717) is 18.1 Å². The molecule has 14 heavy (non-hydrogen) atoms. The molecule has 2 N–H and O–H groups in total. The summed E-state index contributed by atoms with van der Waals surface area (Å²) in [5, 5.41) is 14.9. The quantitative estimate of drug-likeness (QED) is 0.650. The number of aliphatic hydroxyl groups is 1. The maximum Gasteiger partial charge on any atom is 0.261 e. The number of aliphatic hydroxyl groups excluding tert-OH is 1. The molecule has 1 aromatic rings. The maximum absolute atomic E-state index is 11.6.